The lowest BCUT2D eigenvalue weighted by molar-refractivity contribution is -0.298. The van der Waals surface area contributed by atoms with E-state index in [-0.39, 0.29) is 12.5 Å². The highest BCUT2D eigenvalue weighted by Gasteiger charge is 2.48. The number of rotatable bonds is 53. The van der Waals surface area contributed by atoms with Crippen LogP contribution in [0, 0.1) is 0 Å². The Hall–Kier alpha value is -0.900. The third-order valence-electron chi connectivity index (χ3n) is 14.7. The second-order valence-corrected chi connectivity index (χ2v) is 22.4. The van der Waals surface area contributed by atoms with Gasteiger partial charge in [0, 0.05) is 6.42 Å². The first kappa shape index (κ1) is 67.1. The van der Waals surface area contributed by atoms with Crippen molar-refractivity contribution in [2.24, 2.45) is 0 Å². The van der Waals surface area contributed by atoms with E-state index in [1.807, 2.05) is 0 Å². The van der Waals surface area contributed by atoms with E-state index in [0.29, 0.717) is 12.8 Å². The molecule has 0 aromatic rings. The SMILES string of the molecule is CCCCCCCCCCCCCCCCCCCCCCCCCCCCCCCCC(=O)NC(COC1OC(CO)C(O)C(OS(=O)(=O)O)C1O)C(O)CCCCCCCCCCCCCCC. The predicted molar refractivity (Wildman–Crippen MR) is 287 cm³/mol. The maximum atomic E-state index is 13.1. The normalized spacial score (nSPS) is 19.4. The topological polar surface area (TPSA) is 192 Å². The minimum absolute atomic E-state index is 0.223. The van der Waals surface area contributed by atoms with E-state index in [9.17, 15) is 38.2 Å². The molecule has 0 aromatic carbocycles. The van der Waals surface area contributed by atoms with Crippen LogP contribution >= 0.6 is 0 Å². The molecule has 1 heterocycles. The average Bonchev–Trinajstić information content (AvgIpc) is 3.33. The lowest BCUT2D eigenvalue weighted by Gasteiger charge is -2.41. The van der Waals surface area contributed by atoms with Crippen molar-refractivity contribution in [1.29, 1.82) is 0 Å². The number of nitrogens with one attached hydrogen (secondary N) is 1. The van der Waals surface area contributed by atoms with Crippen LogP contribution in [0.2, 0.25) is 0 Å². The molecule has 1 aliphatic heterocycles. The molecule has 70 heavy (non-hydrogen) atoms. The Morgan fingerprint density at radius 3 is 1.14 bits per heavy atom. The number of hydrogen-bond acceptors (Lipinski definition) is 10. The number of amides is 1. The molecule has 1 amide bonds. The monoisotopic (exact) mass is 1020 g/mol. The summed E-state index contributed by atoms with van der Waals surface area (Å²) >= 11 is 0. The molecule has 12 nitrogen and oxygen atoms in total. The minimum Gasteiger partial charge on any atom is -0.394 e. The second-order valence-electron chi connectivity index (χ2n) is 21.3. The van der Waals surface area contributed by atoms with Gasteiger partial charge in [-0.15, -0.1) is 0 Å². The molecule has 7 unspecified atom stereocenters. The third kappa shape index (κ3) is 39.5. The fourth-order valence-corrected chi connectivity index (χ4v) is 10.6. The number of carbonyl (C=O) groups excluding carboxylic acids is 1. The molecule has 1 rings (SSSR count). The maximum absolute atomic E-state index is 13.1. The van der Waals surface area contributed by atoms with Crippen LogP contribution in [0.15, 0.2) is 0 Å². The minimum atomic E-state index is -5.08. The fourth-order valence-electron chi connectivity index (χ4n) is 10.1. The smallest absolute Gasteiger partial charge is 0.394 e. The molecule has 0 radical (unpaired) electrons. The summed E-state index contributed by atoms with van der Waals surface area (Å²) in [7, 11) is -5.08. The van der Waals surface area contributed by atoms with Crippen LogP contribution in [-0.4, -0.2) is 95.4 Å². The van der Waals surface area contributed by atoms with Gasteiger partial charge in [-0.1, -0.05) is 284 Å². The van der Waals surface area contributed by atoms with Gasteiger partial charge in [0.1, 0.15) is 24.4 Å². The highest BCUT2D eigenvalue weighted by molar-refractivity contribution is 7.80. The summed E-state index contributed by atoms with van der Waals surface area (Å²) in [5.41, 5.74) is 0. The van der Waals surface area contributed by atoms with E-state index < -0.39 is 59.9 Å². The number of aliphatic hydroxyl groups is 4. The summed E-state index contributed by atoms with van der Waals surface area (Å²) < 4.78 is 47.9. The molecule has 1 saturated heterocycles. The summed E-state index contributed by atoms with van der Waals surface area (Å²) in [6.07, 6.45) is 47.1. The lowest BCUT2D eigenvalue weighted by Crippen LogP contribution is -2.61. The maximum Gasteiger partial charge on any atom is 0.397 e. The average molecular weight is 1020 g/mol. The zero-order valence-corrected chi connectivity index (χ0v) is 46.2. The van der Waals surface area contributed by atoms with Crippen molar-refractivity contribution < 1.29 is 51.8 Å². The lowest BCUT2D eigenvalue weighted by atomic mass is 9.99. The van der Waals surface area contributed by atoms with Crippen LogP contribution in [0.5, 0.6) is 0 Å². The molecule has 0 aromatic heterocycles. The van der Waals surface area contributed by atoms with E-state index in [2.05, 4.69) is 23.3 Å². The molecule has 13 heteroatoms. The van der Waals surface area contributed by atoms with Gasteiger partial charge in [-0.3, -0.25) is 9.35 Å². The van der Waals surface area contributed by atoms with Crippen LogP contribution in [0.3, 0.4) is 0 Å². The number of aliphatic hydroxyl groups excluding tert-OH is 4. The predicted octanol–water partition coefficient (Wildman–Crippen LogP) is 14.1. The number of ether oxygens (including phenoxy) is 2. The van der Waals surface area contributed by atoms with Crippen LogP contribution < -0.4 is 5.32 Å². The summed E-state index contributed by atoms with van der Waals surface area (Å²) in [5.74, 6) is -0.223. The number of unbranched alkanes of at least 4 members (excludes halogenated alkanes) is 41. The zero-order valence-electron chi connectivity index (χ0n) is 45.4. The molecule has 6 N–H and O–H groups in total. The standard InChI is InChI=1S/C57H113NO11S/c1-3-5-7-9-11-13-15-17-18-19-20-21-22-23-24-25-26-27-28-29-30-31-32-33-35-37-39-41-43-45-47-53(61)58-50(51(60)46-44-42-40-38-36-34-16-14-12-10-8-6-4-2)49-67-57-55(63)56(69-70(64,65)66)54(62)52(48-59)68-57/h50-52,54-57,59-60,62-63H,3-49H2,1-2H3,(H,58,61)(H,64,65,66). The highest BCUT2D eigenvalue weighted by atomic mass is 32.3. The Balaban J connectivity index is 2.22. The third-order valence-corrected chi connectivity index (χ3v) is 15.1. The molecular formula is C57H113NO11S. The first-order valence-electron chi connectivity index (χ1n) is 29.9. The zero-order chi connectivity index (χ0) is 51.2. The summed E-state index contributed by atoms with van der Waals surface area (Å²) in [5, 5.41) is 45.0. The van der Waals surface area contributed by atoms with Crippen LogP contribution in [-0.2, 0) is 28.9 Å². The van der Waals surface area contributed by atoms with Crippen molar-refractivity contribution in [2.45, 2.75) is 346 Å². The van der Waals surface area contributed by atoms with Crippen molar-refractivity contribution in [1.82, 2.24) is 5.32 Å². The van der Waals surface area contributed by atoms with Gasteiger partial charge in [0.05, 0.1) is 25.4 Å². The van der Waals surface area contributed by atoms with Gasteiger partial charge in [0.15, 0.2) is 6.29 Å². The first-order chi connectivity index (χ1) is 34.0. The molecule has 0 saturated carbocycles. The Morgan fingerprint density at radius 1 is 0.514 bits per heavy atom. The van der Waals surface area contributed by atoms with Gasteiger partial charge < -0.3 is 35.2 Å². The summed E-state index contributed by atoms with van der Waals surface area (Å²) in [6, 6.07) is -0.852. The Kier molecular flexibility index (Phi) is 45.8. The summed E-state index contributed by atoms with van der Waals surface area (Å²) in [6.45, 7) is 3.49. The van der Waals surface area contributed by atoms with Gasteiger partial charge in [-0.25, -0.2) is 4.18 Å². The van der Waals surface area contributed by atoms with E-state index in [4.69, 9.17) is 9.47 Å². The second kappa shape index (κ2) is 47.8. The molecule has 0 spiro atoms. The van der Waals surface area contributed by atoms with Crippen LogP contribution in [0.1, 0.15) is 303 Å². The van der Waals surface area contributed by atoms with E-state index >= 15 is 0 Å². The fraction of sp³-hybridized carbons (Fsp3) is 0.982. The van der Waals surface area contributed by atoms with Crippen molar-refractivity contribution in [3.8, 4) is 0 Å². The molecule has 0 bridgehead atoms. The van der Waals surface area contributed by atoms with E-state index in [1.165, 1.54) is 225 Å². The molecule has 418 valence electrons. The highest BCUT2D eigenvalue weighted by Crippen LogP contribution is 2.26. The summed E-state index contributed by atoms with van der Waals surface area (Å²) in [4.78, 5) is 13.1. The number of carbonyl (C=O) groups is 1. The number of hydrogen-bond donors (Lipinski definition) is 6. The largest absolute Gasteiger partial charge is 0.397 e. The van der Waals surface area contributed by atoms with Gasteiger partial charge in [-0.2, -0.15) is 8.42 Å². The van der Waals surface area contributed by atoms with Crippen molar-refractivity contribution in [2.75, 3.05) is 13.2 Å². The molecule has 1 fully saturated rings. The van der Waals surface area contributed by atoms with Crippen LogP contribution in [0.4, 0.5) is 0 Å². The van der Waals surface area contributed by atoms with Gasteiger partial charge >= 0.3 is 10.4 Å². The van der Waals surface area contributed by atoms with Crippen LogP contribution in [0.25, 0.3) is 0 Å². The first-order valence-corrected chi connectivity index (χ1v) is 31.3. The van der Waals surface area contributed by atoms with Gasteiger partial charge in [0.25, 0.3) is 0 Å². The molecular weight excluding hydrogens is 907 g/mol. The Morgan fingerprint density at radius 2 is 0.829 bits per heavy atom. The molecule has 7 atom stereocenters. The van der Waals surface area contributed by atoms with Gasteiger partial charge in [0.2, 0.25) is 5.91 Å². The Bertz CT molecular complexity index is 1240. The molecule has 1 aliphatic rings. The van der Waals surface area contributed by atoms with E-state index in [1.54, 1.807) is 0 Å². The van der Waals surface area contributed by atoms with Crippen molar-refractivity contribution >= 4 is 16.3 Å². The van der Waals surface area contributed by atoms with Crippen molar-refractivity contribution in [3.63, 3.8) is 0 Å². The Labute approximate surface area is 430 Å². The quantitative estimate of drug-likeness (QED) is 0.0251. The van der Waals surface area contributed by atoms with E-state index in [0.717, 1.165) is 51.4 Å². The van der Waals surface area contributed by atoms with Crippen molar-refractivity contribution in [3.05, 3.63) is 0 Å². The van der Waals surface area contributed by atoms with Gasteiger partial charge in [-0.05, 0) is 12.8 Å². The molecule has 0 aliphatic carbocycles.